The van der Waals surface area contributed by atoms with Crippen LogP contribution in [0.15, 0.2) is 24.3 Å². The van der Waals surface area contributed by atoms with Gasteiger partial charge in [0.15, 0.2) is 17.9 Å². The molecule has 0 radical (unpaired) electrons. The molecule has 2 heterocycles. The minimum Gasteiger partial charge on any atom is -0.534 e. The fourth-order valence-corrected chi connectivity index (χ4v) is 4.58. The standard InChI is InChI=1S/C24H25BF2N4O10/c1-2-30-5-6-31(22(36)21(30)35)24(39)29-18(11-8-14(32)15(33)9-13(11)27)20(34)28-16-7-10-3-4-12(26)17(23(37)38)19(10)41-25(16)40/h3-4,8-9,16,18,24,29,32-33,39-40H,2,5-7H2,1H3,(H,28,34)(H,37,38)/t16-,18?,24?/m0/s1. The predicted octanol–water partition coefficient (Wildman–Crippen LogP) is -1.19. The van der Waals surface area contributed by atoms with Gasteiger partial charge in [-0.2, -0.15) is 0 Å². The Morgan fingerprint density at radius 1 is 1.12 bits per heavy atom. The number of carbonyl (C=O) groups excluding carboxylic acids is 3. The molecule has 1 fully saturated rings. The molecule has 1 saturated heterocycles. The number of benzene rings is 2. The highest BCUT2D eigenvalue weighted by Crippen LogP contribution is 2.34. The van der Waals surface area contributed by atoms with Crippen LogP contribution >= 0.6 is 0 Å². The average Bonchev–Trinajstić information content (AvgIpc) is 2.91. The van der Waals surface area contributed by atoms with Crippen molar-refractivity contribution < 1.29 is 58.1 Å². The summed E-state index contributed by atoms with van der Waals surface area (Å²) in [6.07, 6.45) is -2.27. The lowest BCUT2D eigenvalue weighted by Crippen LogP contribution is -2.62. The Bertz CT molecular complexity index is 1410. The molecule has 0 bridgehead atoms. The number of aromatic carboxylic acids is 1. The maximum Gasteiger partial charge on any atom is 0.547 e. The number of carbonyl (C=O) groups is 4. The number of nitrogens with one attached hydrogen (secondary N) is 2. The van der Waals surface area contributed by atoms with Crippen molar-refractivity contribution >= 4 is 30.8 Å². The van der Waals surface area contributed by atoms with Gasteiger partial charge in [-0.15, -0.1) is 0 Å². The van der Waals surface area contributed by atoms with Gasteiger partial charge >= 0.3 is 24.9 Å². The number of piperazine rings is 1. The van der Waals surface area contributed by atoms with Crippen LogP contribution in [-0.4, -0.2) is 98.0 Å². The topological polar surface area (TPSA) is 209 Å². The number of aromatic hydroxyl groups is 2. The number of amides is 3. The first-order valence-electron chi connectivity index (χ1n) is 12.3. The average molecular weight is 578 g/mol. The molecule has 0 aromatic heterocycles. The summed E-state index contributed by atoms with van der Waals surface area (Å²) in [5.41, 5.74) is -1.29. The summed E-state index contributed by atoms with van der Waals surface area (Å²) in [6.45, 7) is 1.81. The molecule has 2 aliphatic heterocycles. The molecule has 2 aromatic carbocycles. The largest absolute Gasteiger partial charge is 0.547 e. The van der Waals surface area contributed by atoms with Gasteiger partial charge in [-0.3, -0.25) is 24.6 Å². The summed E-state index contributed by atoms with van der Waals surface area (Å²) in [6, 6.07) is 1.37. The number of carboxylic acids is 1. The fourth-order valence-electron chi connectivity index (χ4n) is 4.58. The van der Waals surface area contributed by atoms with Crippen molar-refractivity contribution in [1.29, 1.82) is 0 Å². The molecule has 14 nitrogen and oxygen atoms in total. The van der Waals surface area contributed by atoms with Crippen LogP contribution in [0.4, 0.5) is 8.78 Å². The molecule has 2 aliphatic rings. The molecule has 3 amide bonds. The number of nitrogens with zero attached hydrogens (tertiary/aromatic N) is 2. The van der Waals surface area contributed by atoms with E-state index in [-0.39, 0.29) is 31.6 Å². The second-order valence-electron chi connectivity index (χ2n) is 9.26. The highest BCUT2D eigenvalue weighted by atomic mass is 19.1. The molecule has 0 spiro atoms. The molecule has 41 heavy (non-hydrogen) atoms. The molecular weight excluding hydrogens is 553 g/mol. The van der Waals surface area contributed by atoms with E-state index < -0.39 is 89.2 Å². The van der Waals surface area contributed by atoms with Crippen LogP contribution < -0.4 is 15.3 Å². The van der Waals surface area contributed by atoms with Gasteiger partial charge < -0.3 is 40.3 Å². The van der Waals surface area contributed by atoms with E-state index in [1.165, 1.54) is 11.0 Å². The molecule has 0 saturated carbocycles. The summed E-state index contributed by atoms with van der Waals surface area (Å²) in [5.74, 6) is -10.5. The SMILES string of the molecule is CCN1CCN(C(O)NC(C(=O)N[C@H]2Cc3ccc(F)c(C(=O)O)c3OB2O)c2cc(O)c(O)cc2F)C(=O)C1=O. The highest BCUT2D eigenvalue weighted by molar-refractivity contribution is 6.47. The van der Waals surface area contributed by atoms with Crippen LogP contribution in [0.1, 0.15) is 34.5 Å². The van der Waals surface area contributed by atoms with E-state index in [1.807, 2.05) is 0 Å². The van der Waals surface area contributed by atoms with Crippen LogP contribution in [0.25, 0.3) is 0 Å². The molecule has 3 atom stereocenters. The summed E-state index contributed by atoms with van der Waals surface area (Å²) in [5, 5.41) is 54.8. The normalized spacial score (nSPS) is 18.5. The van der Waals surface area contributed by atoms with Gasteiger partial charge in [-0.05, 0) is 31.0 Å². The van der Waals surface area contributed by atoms with Crippen molar-refractivity contribution in [3.05, 3.63) is 52.6 Å². The third-order valence-electron chi connectivity index (χ3n) is 6.75. The third kappa shape index (κ3) is 5.72. The maximum atomic E-state index is 14.9. The maximum absolute atomic E-state index is 14.9. The van der Waals surface area contributed by atoms with Crippen molar-refractivity contribution in [2.24, 2.45) is 0 Å². The van der Waals surface area contributed by atoms with Crippen molar-refractivity contribution in [1.82, 2.24) is 20.4 Å². The lowest BCUT2D eigenvalue weighted by Gasteiger charge is -2.37. The van der Waals surface area contributed by atoms with Crippen LogP contribution in [0, 0.1) is 11.6 Å². The number of fused-ring (bicyclic) bond motifs is 1. The van der Waals surface area contributed by atoms with E-state index >= 15 is 0 Å². The number of phenols is 2. The Balaban J connectivity index is 1.61. The van der Waals surface area contributed by atoms with Gasteiger partial charge in [0.2, 0.25) is 5.91 Å². The molecule has 17 heteroatoms. The zero-order chi connectivity index (χ0) is 30.2. The summed E-state index contributed by atoms with van der Waals surface area (Å²) >= 11 is 0. The Morgan fingerprint density at radius 3 is 2.46 bits per heavy atom. The third-order valence-corrected chi connectivity index (χ3v) is 6.75. The van der Waals surface area contributed by atoms with Gasteiger partial charge in [-0.1, -0.05) is 6.07 Å². The Labute approximate surface area is 230 Å². The number of hydrogen-bond donors (Lipinski definition) is 7. The van der Waals surface area contributed by atoms with E-state index in [2.05, 4.69) is 10.6 Å². The Morgan fingerprint density at radius 2 is 1.80 bits per heavy atom. The Kier molecular flexibility index (Phi) is 8.32. The molecule has 4 rings (SSSR count). The highest BCUT2D eigenvalue weighted by Gasteiger charge is 2.42. The number of halogens is 2. The van der Waals surface area contributed by atoms with E-state index in [0.29, 0.717) is 17.0 Å². The van der Waals surface area contributed by atoms with E-state index in [0.717, 1.165) is 6.07 Å². The molecule has 2 aromatic rings. The lowest BCUT2D eigenvalue weighted by molar-refractivity contribution is -0.166. The smallest absolute Gasteiger partial charge is 0.534 e. The van der Waals surface area contributed by atoms with Crippen molar-refractivity contribution in [2.45, 2.75) is 31.7 Å². The molecule has 0 aliphatic carbocycles. The summed E-state index contributed by atoms with van der Waals surface area (Å²) in [4.78, 5) is 51.6. The van der Waals surface area contributed by atoms with Gasteiger partial charge in [0.05, 0.1) is 5.94 Å². The predicted molar refractivity (Wildman–Crippen MR) is 133 cm³/mol. The summed E-state index contributed by atoms with van der Waals surface area (Å²) < 4.78 is 34.1. The first-order valence-corrected chi connectivity index (χ1v) is 12.3. The number of hydrogen-bond acceptors (Lipinski definition) is 10. The Hall–Kier alpha value is -4.48. The van der Waals surface area contributed by atoms with E-state index in [1.54, 1.807) is 6.92 Å². The minimum absolute atomic E-state index is 0.0645. The zero-order valence-corrected chi connectivity index (χ0v) is 21.4. The van der Waals surface area contributed by atoms with E-state index in [9.17, 15) is 53.4 Å². The lowest BCUT2D eigenvalue weighted by atomic mass is 9.72. The molecule has 2 unspecified atom stereocenters. The van der Waals surface area contributed by atoms with Gasteiger partial charge in [-0.25, -0.2) is 13.6 Å². The number of aliphatic hydroxyl groups excluding tert-OH is 1. The van der Waals surface area contributed by atoms with E-state index in [4.69, 9.17) is 4.65 Å². The molecule has 218 valence electrons. The number of likely N-dealkylation sites (N-methyl/N-ethyl adjacent to an activating group) is 1. The van der Waals surface area contributed by atoms with Crippen LogP contribution in [-0.2, 0) is 20.8 Å². The monoisotopic (exact) mass is 578 g/mol. The molecular formula is C24H25BF2N4O10. The van der Waals surface area contributed by atoms with Crippen LogP contribution in [0.3, 0.4) is 0 Å². The first-order chi connectivity index (χ1) is 19.3. The second-order valence-corrected chi connectivity index (χ2v) is 9.26. The van der Waals surface area contributed by atoms with Crippen LogP contribution in [0.5, 0.6) is 17.2 Å². The van der Waals surface area contributed by atoms with Gasteiger partial charge in [0, 0.05) is 31.3 Å². The van der Waals surface area contributed by atoms with Crippen molar-refractivity contribution in [2.75, 3.05) is 19.6 Å². The number of aliphatic hydroxyl groups is 1. The molecule has 7 N–H and O–H groups in total. The first kappa shape index (κ1) is 29.5. The summed E-state index contributed by atoms with van der Waals surface area (Å²) in [7, 11) is -1.89. The number of rotatable bonds is 8. The van der Waals surface area contributed by atoms with Gasteiger partial charge in [0.25, 0.3) is 0 Å². The van der Waals surface area contributed by atoms with Crippen LogP contribution in [0.2, 0.25) is 0 Å². The quantitative estimate of drug-likeness (QED) is 0.0858. The van der Waals surface area contributed by atoms with Gasteiger partial charge in [0.1, 0.15) is 29.0 Å². The number of phenolic OH excluding ortho intramolecular Hbond substituents is 2. The van der Waals surface area contributed by atoms with Crippen molar-refractivity contribution in [3.63, 3.8) is 0 Å². The number of carboxylic acid groups (broad SMARTS) is 1. The van der Waals surface area contributed by atoms with Crippen molar-refractivity contribution in [3.8, 4) is 17.2 Å². The minimum atomic E-state index is -2.01. The fraction of sp³-hybridized carbons (Fsp3) is 0.333. The second kappa shape index (κ2) is 11.6. The zero-order valence-electron chi connectivity index (χ0n) is 21.4.